The molecule has 2 aromatic rings. The smallest absolute Gasteiger partial charge is 0.273 e. The molecule has 2 N–H and O–H groups in total. The molecule has 1 unspecified atom stereocenters. The van der Waals surface area contributed by atoms with Crippen LogP contribution in [0, 0.1) is 5.82 Å². The van der Waals surface area contributed by atoms with Gasteiger partial charge in [-0.15, -0.1) is 0 Å². The van der Waals surface area contributed by atoms with Gasteiger partial charge in [0.05, 0.1) is 6.54 Å². The van der Waals surface area contributed by atoms with Crippen molar-refractivity contribution >= 4 is 17.7 Å². The SMILES string of the molecule is CCCCN1C(=O)c2cc(C(=O)NCc3ccc(F)cc3)nn2CC1(C)C(=O)NC1CCCC1. The monoisotopic (exact) mass is 469 g/mol. The van der Waals surface area contributed by atoms with Crippen molar-refractivity contribution < 1.29 is 18.8 Å². The second kappa shape index (κ2) is 9.95. The fraction of sp³-hybridized carbons (Fsp3) is 0.520. The molecule has 182 valence electrons. The zero-order chi connectivity index (χ0) is 24.3. The number of rotatable bonds is 8. The first kappa shape index (κ1) is 23.9. The van der Waals surface area contributed by atoms with Gasteiger partial charge in [-0.3, -0.25) is 19.1 Å². The van der Waals surface area contributed by atoms with Gasteiger partial charge >= 0.3 is 0 Å². The van der Waals surface area contributed by atoms with Gasteiger partial charge in [-0.1, -0.05) is 38.3 Å². The van der Waals surface area contributed by atoms with E-state index in [9.17, 15) is 18.8 Å². The second-order valence-electron chi connectivity index (χ2n) is 9.42. The largest absolute Gasteiger partial charge is 0.351 e. The predicted molar refractivity (Wildman–Crippen MR) is 125 cm³/mol. The third-order valence-corrected chi connectivity index (χ3v) is 6.81. The number of halogens is 1. The van der Waals surface area contributed by atoms with Crippen LogP contribution in [0.15, 0.2) is 30.3 Å². The van der Waals surface area contributed by atoms with E-state index in [1.54, 1.807) is 24.0 Å². The lowest BCUT2D eigenvalue weighted by atomic mass is 9.94. The highest BCUT2D eigenvalue weighted by Crippen LogP contribution is 2.29. The summed E-state index contributed by atoms with van der Waals surface area (Å²) in [4.78, 5) is 41.2. The molecule has 2 aliphatic rings. The Balaban J connectivity index is 1.53. The molecule has 1 atom stereocenters. The van der Waals surface area contributed by atoms with Crippen LogP contribution in [0.1, 0.15) is 78.9 Å². The van der Waals surface area contributed by atoms with Gasteiger partial charge in [0.2, 0.25) is 5.91 Å². The van der Waals surface area contributed by atoms with Gasteiger partial charge in [0.25, 0.3) is 11.8 Å². The fourth-order valence-corrected chi connectivity index (χ4v) is 4.70. The van der Waals surface area contributed by atoms with E-state index in [1.165, 1.54) is 22.9 Å². The summed E-state index contributed by atoms with van der Waals surface area (Å²) in [7, 11) is 0. The van der Waals surface area contributed by atoms with Crippen molar-refractivity contribution in [2.75, 3.05) is 6.54 Å². The average Bonchev–Trinajstić information content (AvgIpc) is 3.48. The Bertz CT molecular complexity index is 1060. The number of aromatic nitrogens is 2. The fourth-order valence-electron chi connectivity index (χ4n) is 4.70. The molecule has 1 aliphatic heterocycles. The molecule has 0 spiro atoms. The van der Waals surface area contributed by atoms with E-state index in [1.807, 2.05) is 6.92 Å². The third kappa shape index (κ3) is 4.83. The Morgan fingerprint density at radius 1 is 1.21 bits per heavy atom. The normalized spacial score (nSPS) is 20.3. The first-order valence-corrected chi connectivity index (χ1v) is 12.0. The summed E-state index contributed by atoms with van der Waals surface area (Å²) >= 11 is 0. The van der Waals surface area contributed by atoms with Crippen molar-refractivity contribution in [2.45, 2.75) is 77.0 Å². The Labute approximate surface area is 198 Å². The maximum absolute atomic E-state index is 13.4. The van der Waals surface area contributed by atoms with E-state index in [-0.39, 0.29) is 42.5 Å². The van der Waals surface area contributed by atoms with Crippen LogP contribution in [-0.4, -0.2) is 50.5 Å². The molecule has 34 heavy (non-hydrogen) atoms. The molecule has 2 heterocycles. The van der Waals surface area contributed by atoms with Crippen molar-refractivity contribution in [2.24, 2.45) is 0 Å². The topological polar surface area (TPSA) is 96.3 Å². The van der Waals surface area contributed by atoms with Gasteiger partial charge in [-0.2, -0.15) is 5.10 Å². The number of benzene rings is 1. The third-order valence-electron chi connectivity index (χ3n) is 6.81. The summed E-state index contributed by atoms with van der Waals surface area (Å²) < 4.78 is 14.6. The number of amides is 3. The van der Waals surface area contributed by atoms with E-state index in [2.05, 4.69) is 15.7 Å². The minimum atomic E-state index is -1.09. The number of unbranched alkanes of at least 4 members (excludes halogenated alkanes) is 1. The Kier molecular flexibility index (Phi) is 7.00. The van der Waals surface area contributed by atoms with Gasteiger partial charge in [-0.25, -0.2) is 4.39 Å². The van der Waals surface area contributed by atoms with Crippen molar-refractivity contribution in [1.82, 2.24) is 25.3 Å². The van der Waals surface area contributed by atoms with Crippen LogP contribution in [-0.2, 0) is 17.9 Å². The molecular formula is C25H32FN5O3. The molecule has 0 bridgehead atoms. The zero-order valence-corrected chi connectivity index (χ0v) is 19.8. The van der Waals surface area contributed by atoms with Crippen molar-refractivity contribution in [3.05, 3.63) is 53.1 Å². The van der Waals surface area contributed by atoms with Crippen LogP contribution in [0.4, 0.5) is 4.39 Å². The molecule has 8 nitrogen and oxygen atoms in total. The van der Waals surface area contributed by atoms with Crippen LogP contribution in [0.3, 0.4) is 0 Å². The lowest BCUT2D eigenvalue weighted by Crippen LogP contribution is -2.65. The van der Waals surface area contributed by atoms with Gasteiger partial charge in [0, 0.05) is 25.2 Å². The van der Waals surface area contributed by atoms with E-state index < -0.39 is 11.4 Å². The first-order valence-electron chi connectivity index (χ1n) is 12.0. The average molecular weight is 470 g/mol. The molecule has 4 rings (SSSR count). The predicted octanol–water partition coefficient (Wildman–Crippen LogP) is 3.03. The van der Waals surface area contributed by atoms with E-state index in [4.69, 9.17) is 0 Å². The number of carbonyl (C=O) groups excluding carboxylic acids is 3. The molecule has 0 radical (unpaired) electrons. The lowest BCUT2D eigenvalue weighted by Gasteiger charge is -2.43. The Morgan fingerprint density at radius 3 is 2.59 bits per heavy atom. The molecular weight excluding hydrogens is 437 g/mol. The van der Waals surface area contributed by atoms with Crippen molar-refractivity contribution in [3.63, 3.8) is 0 Å². The maximum atomic E-state index is 13.4. The summed E-state index contributed by atoms with van der Waals surface area (Å²) in [6.45, 7) is 4.67. The Hall–Kier alpha value is -3.23. The molecule has 1 aromatic heterocycles. The van der Waals surface area contributed by atoms with Gasteiger partial charge < -0.3 is 15.5 Å². The zero-order valence-electron chi connectivity index (χ0n) is 19.8. The second-order valence-corrected chi connectivity index (χ2v) is 9.42. The molecule has 0 saturated heterocycles. The first-order chi connectivity index (χ1) is 16.3. The molecule has 1 saturated carbocycles. The molecule has 1 fully saturated rings. The summed E-state index contributed by atoms with van der Waals surface area (Å²) in [5.41, 5.74) is 0.0719. The number of hydrogen-bond donors (Lipinski definition) is 2. The van der Waals surface area contributed by atoms with Crippen molar-refractivity contribution in [3.8, 4) is 0 Å². The van der Waals surface area contributed by atoms with Gasteiger partial charge in [0.15, 0.2) is 5.69 Å². The van der Waals surface area contributed by atoms with Crippen LogP contribution in [0.2, 0.25) is 0 Å². The lowest BCUT2D eigenvalue weighted by molar-refractivity contribution is -0.133. The number of nitrogens with one attached hydrogen (secondary N) is 2. The minimum absolute atomic E-state index is 0.112. The highest BCUT2D eigenvalue weighted by atomic mass is 19.1. The number of fused-ring (bicyclic) bond motifs is 1. The summed E-state index contributed by atoms with van der Waals surface area (Å²) in [5.74, 6) is -1.25. The molecule has 9 heteroatoms. The molecule has 1 aliphatic carbocycles. The van der Waals surface area contributed by atoms with Crippen molar-refractivity contribution in [1.29, 1.82) is 0 Å². The highest BCUT2D eigenvalue weighted by molar-refractivity contribution is 6.01. The van der Waals surface area contributed by atoms with Crippen LogP contribution in [0.5, 0.6) is 0 Å². The van der Waals surface area contributed by atoms with Gasteiger partial charge in [0.1, 0.15) is 17.1 Å². The maximum Gasteiger partial charge on any atom is 0.273 e. The van der Waals surface area contributed by atoms with E-state index in [0.717, 1.165) is 44.1 Å². The van der Waals surface area contributed by atoms with Crippen LogP contribution in [0.25, 0.3) is 0 Å². The molecule has 1 aromatic carbocycles. The summed E-state index contributed by atoms with van der Waals surface area (Å²) in [6.07, 6.45) is 5.77. The minimum Gasteiger partial charge on any atom is -0.351 e. The standard InChI is InChI=1S/C25H32FN5O3/c1-3-4-13-30-23(33)21-14-20(22(32)27-15-17-9-11-18(26)12-10-17)29-31(21)16-25(30,2)24(34)28-19-7-5-6-8-19/h9-12,14,19H,3-8,13,15-16H2,1-2H3,(H,27,32)(H,28,34). The van der Waals surface area contributed by atoms with Crippen LogP contribution < -0.4 is 10.6 Å². The quantitative estimate of drug-likeness (QED) is 0.621. The van der Waals surface area contributed by atoms with E-state index >= 15 is 0 Å². The molecule has 3 amide bonds. The van der Waals surface area contributed by atoms with Crippen LogP contribution >= 0.6 is 0 Å². The highest BCUT2D eigenvalue weighted by Gasteiger charge is 2.48. The van der Waals surface area contributed by atoms with Gasteiger partial charge in [-0.05, 0) is 43.9 Å². The number of hydrogen-bond acceptors (Lipinski definition) is 4. The van der Waals surface area contributed by atoms with E-state index in [0.29, 0.717) is 12.2 Å². The summed E-state index contributed by atoms with van der Waals surface area (Å²) in [6, 6.07) is 7.47. The number of carbonyl (C=O) groups is 3. The Morgan fingerprint density at radius 2 is 1.91 bits per heavy atom. The summed E-state index contributed by atoms with van der Waals surface area (Å²) in [5, 5.41) is 10.3. The number of nitrogens with zero attached hydrogens (tertiary/aromatic N) is 3.